The molecule has 130 valence electrons. The molecule has 23 heavy (non-hydrogen) atoms. The van der Waals surface area contributed by atoms with Crippen molar-refractivity contribution >= 4 is 29.9 Å². The van der Waals surface area contributed by atoms with Crippen LogP contribution in [0, 0.1) is 5.82 Å². The van der Waals surface area contributed by atoms with Gasteiger partial charge in [-0.05, 0) is 37.4 Å². The molecule has 0 heterocycles. The van der Waals surface area contributed by atoms with Gasteiger partial charge in [0.1, 0.15) is 5.82 Å². The Morgan fingerprint density at radius 2 is 1.96 bits per heavy atom. The Labute approximate surface area is 156 Å². The van der Waals surface area contributed by atoms with Crippen molar-refractivity contribution < 1.29 is 4.39 Å². The van der Waals surface area contributed by atoms with Gasteiger partial charge in [0.15, 0.2) is 5.96 Å². The molecule has 0 amide bonds. The Balaban J connectivity index is 0.00000264. The fourth-order valence-electron chi connectivity index (χ4n) is 2.59. The summed E-state index contributed by atoms with van der Waals surface area (Å²) >= 11 is 0. The molecule has 0 bridgehead atoms. The third-order valence-corrected chi connectivity index (χ3v) is 4.03. The highest BCUT2D eigenvalue weighted by Gasteiger charge is 2.27. The van der Waals surface area contributed by atoms with E-state index in [1.165, 1.54) is 18.9 Å². The number of nitrogens with one attached hydrogen (secondary N) is 2. The molecule has 2 rings (SSSR count). The second-order valence-corrected chi connectivity index (χ2v) is 5.63. The Morgan fingerprint density at radius 3 is 2.57 bits per heavy atom. The van der Waals surface area contributed by atoms with Gasteiger partial charge in [0.25, 0.3) is 0 Å². The van der Waals surface area contributed by atoms with Gasteiger partial charge < -0.3 is 10.6 Å². The number of hydrogen-bond acceptors (Lipinski definition) is 2. The van der Waals surface area contributed by atoms with Crippen LogP contribution in [0.1, 0.15) is 25.3 Å². The molecule has 0 saturated heterocycles. The second-order valence-electron chi connectivity index (χ2n) is 5.63. The lowest BCUT2D eigenvalue weighted by Crippen LogP contribution is -2.42. The van der Waals surface area contributed by atoms with E-state index in [9.17, 15) is 4.39 Å². The molecule has 0 radical (unpaired) electrons. The lowest BCUT2D eigenvalue weighted by molar-refractivity contribution is 0.282. The molecule has 1 aromatic rings. The molecule has 4 nitrogen and oxygen atoms in total. The average Bonchev–Trinajstić information content (AvgIpc) is 3.36. The van der Waals surface area contributed by atoms with Gasteiger partial charge in [0.2, 0.25) is 0 Å². The zero-order valence-electron chi connectivity index (χ0n) is 14.0. The number of aliphatic imine (C=N–C) groups is 1. The van der Waals surface area contributed by atoms with Crippen LogP contribution in [-0.2, 0) is 6.42 Å². The smallest absolute Gasteiger partial charge is 0.191 e. The third kappa shape index (κ3) is 7.03. The summed E-state index contributed by atoms with van der Waals surface area (Å²) in [5.41, 5.74) is 0.733. The molecule has 1 saturated carbocycles. The number of halogens is 2. The van der Waals surface area contributed by atoms with Crippen LogP contribution in [-0.4, -0.2) is 50.1 Å². The summed E-state index contributed by atoms with van der Waals surface area (Å²) in [6.07, 6.45) is 3.32. The standard InChI is InChI=1S/C17H27FN4.HI/c1-3-22(15-8-9-15)13-12-21-17(19-2)20-11-10-14-6-4-5-7-16(14)18;/h4-7,15H,3,8-13H2,1-2H3,(H2,19,20,21);1H. The molecule has 1 aliphatic carbocycles. The zero-order chi connectivity index (χ0) is 15.8. The number of benzene rings is 1. The second kappa shape index (κ2) is 10.8. The lowest BCUT2D eigenvalue weighted by Gasteiger charge is -2.20. The Morgan fingerprint density at radius 1 is 1.26 bits per heavy atom. The molecule has 6 heteroatoms. The average molecular weight is 434 g/mol. The van der Waals surface area contributed by atoms with Crippen molar-refractivity contribution in [2.45, 2.75) is 32.2 Å². The first-order valence-electron chi connectivity index (χ1n) is 8.16. The number of rotatable bonds is 8. The highest BCUT2D eigenvalue weighted by atomic mass is 127. The van der Waals surface area contributed by atoms with E-state index in [-0.39, 0.29) is 29.8 Å². The zero-order valence-corrected chi connectivity index (χ0v) is 16.3. The van der Waals surface area contributed by atoms with Gasteiger partial charge in [-0.2, -0.15) is 0 Å². The fraction of sp³-hybridized carbons (Fsp3) is 0.588. The van der Waals surface area contributed by atoms with E-state index in [0.717, 1.165) is 37.2 Å². The van der Waals surface area contributed by atoms with Crippen molar-refractivity contribution in [3.63, 3.8) is 0 Å². The van der Waals surface area contributed by atoms with Crippen LogP contribution in [0.3, 0.4) is 0 Å². The van der Waals surface area contributed by atoms with E-state index in [2.05, 4.69) is 27.4 Å². The van der Waals surface area contributed by atoms with Gasteiger partial charge >= 0.3 is 0 Å². The van der Waals surface area contributed by atoms with Crippen molar-refractivity contribution in [1.29, 1.82) is 0 Å². The Hall–Kier alpha value is -0.890. The van der Waals surface area contributed by atoms with E-state index in [1.54, 1.807) is 13.1 Å². The minimum Gasteiger partial charge on any atom is -0.356 e. The van der Waals surface area contributed by atoms with Crippen molar-refractivity contribution in [3.05, 3.63) is 35.6 Å². The van der Waals surface area contributed by atoms with Crippen LogP contribution < -0.4 is 10.6 Å². The van der Waals surface area contributed by atoms with Crippen LogP contribution in [0.2, 0.25) is 0 Å². The molecular weight excluding hydrogens is 406 g/mol. The van der Waals surface area contributed by atoms with Gasteiger partial charge in [0, 0.05) is 32.7 Å². The molecule has 0 unspecified atom stereocenters. The molecule has 0 atom stereocenters. The summed E-state index contributed by atoms with van der Waals surface area (Å²) in [6, 6.07) is 7.69. The molecular formula is C17H28FIN4. The van der Waals surface area contributed by atoms with E-state index in [4.69, 9.17) is 0 Å². The van der Waals surface area contributed by atoms with Crippen molar-refractivity contribution in [2.75, 3.05) is 33.2 Å². The molecule has 1 aromatic carbocycles. The van der Waals surface area contributed by atoms with Gasteiger partial charge in [0.05, 0.1) is 0 Å². The minimum absolute atomic E-state index is 0. The highest BCUT2D eigenvalue weighted by Crippen LogP contribution is 2.25. The summed E-state index contributed by atoms with van der Waals surface area (Å²) in [4.78, 5) is 6.71. The first kappa shape index (κ1) is 20.2. The van der Waals surface area contributed by atoms with Crippen molar-refractivity contribution in [3.8, 4) is 0 Å². The summed E-state index contributed by atoms with van der Waals surface area (Å²) < 4.78 is 13.5. The van der Waals surface area contributed by atoms with Gasteiger partial charge in [-0.15, -0.1) is 24.0 Å². The quantitative estimate of drug-likeness (QED) is 0.376. The molecule has 1 aliphatic rings. The van der Waals surface area contributed by atoms with Crippen LogP contribution in [0.4, 0.5) is 4.39 Å². The first-order valence-corrected chi connectivity index (χ1v) is 8.16. The van der Waals surface area contributed by atoms with Crippen LogP contribution in [0.15, 0.2) is 29.3 Å². The minimum atomic E-state index is -0.143. The third-order valence-electron chi connectivity index (χ3n) is 4.03. The SMILES string of the molecule is CCN(CCNC(=NC)NCCc1ccccc1F)C1CC1.I. The first-order chi connectivity index (χ1) is 10.7. The fourth-order valence-corrected chi connectivity index (χ4v) is 2.59. The van der Waals surface area contributed by atoms with Crippen LogP contribution >= 0.6 is 24.0 Å². The Kier molecular flexibility index (Phi) is 9.47. The lowest BCUT2D eigenvalue weighted by atomic mass is 10.1. The van der Waals surface area contributed by atoms with Gasteiger partial charge in [-0.1, -0.05) is 25.1 Å². The van der Waals surface area contributed by atoms with Crippen molar-refractivity contribution in [2.24, 2.45) is 4.99 Å². The normalized spacial score (nSPS) is 14.5. The Bertz CT molecular complexity index is 491. The monoisotopic (exact) mass is 434 g/mol. The molecule has 1 fully saturated rings. The van der Waals surface area contributed by atoms with E-state index >= 15 is 0 Å². The maximum atomic E-state index is 13.5. The van der Waals surface area contributed by atoms with E-state index < -0.39 is 0 Å². The predicted molar refractivity (Wildman–Crippen MR) is 105 cm³/mol. The number of guanidine groups is 1. The topological polar surface area (TPSA) is 39.7 Å². The largest absolute Gasteiger partial charge is 0.356 e. The number of hydrogen-bond donors (Lipinski definition) is 2. The summed E-state index contributed by atoms with van der Waals surface area (Å²) in [5, 5.41) is 6.56. The maximum absolute atomic E-state index is 13.5. The van der Waals surface area contributed by atoms with Gasteiger partial charge in [-0.3, -0.25) is 9.89 Å². The molecule has 0 aliphatic heterocycles. The predicted octanol–water partition coefficient (Wildman–Crippen LogP) is 2.64. The number of nitrogens with zero attached hydrogens (tertiary/aromatic N) is 2. The molecule has 2 N–H and O–H groups in total. The maximum Gasteiger partial charge on any atom is 0.191 e. The highest BCUT2D eigenvalue weighted by molar-refractivity contribution is 14.0. The van der Waals surface area contributed by atoms with Crippen molar-refractivity contribution in [1.82, 2.24) is 15.5 Å². The summed E-state index contributed by atoms with van der Waals surface area (Å²) in [6.45, 7) is 5.89. The van der Waals surface area contributed by atoms with Gasteiger partial charge in [-0.25, -0.2) is 4.39 Å². The van der Waals surface area contributed by atoms with E-state index in [0.29, 0.717) is 13.0 Å². The van der Waals surface area contributed by atoms with Crippen LogP contribution in [0.5, 0.6) is 0 Å². The van der Waals surface area contributed by atoms with Crippen LogP contribution in [0.25, 0.3) is 0 Å². The summed E-state index contributed by atoms with van der Waals surface area (Å²) in [5.74, 6) is 0.637. The van der Waals surface area contributed by atoms with E-state index in [1.807, 2.05) is 12.1 Å². The summed E-state index contributed by atoms with van der Waals surface area (Å²) in [7, 11) is 1.76. The number of likely N-dealkylation sites (N-methyl/N-ethyl adjacent to an activating group) is 1. The molecule has 0 spiro atoms. The molecule has 0 aromatic heterocycles.